The van der Waals surface area contributed by atoms with E-state index in [4.69, 9.17) is 0 Å². The number of hydrogen-bond donors (Lipinski definition) is 2. The minimum Gasteiger partial charge on any atom is -0.392 e. The molecular formula is C18H31N3O2. The van der Waals surface area contributed by atoms with Gasteiger partial charge in [-0.1, -0.05) is 34.6 Å². The lowest BCUT2D eigenvalue weighted by atomic mass is 9.80. The topological polar surface area (TPSA) is 67.2 Å². The molecule has 1 aromatic rings. The van der Waals surface area contributed by atoms with Crippen molar-refractivity contribution in [1.29, 1.82) is 0 Å². The first-order valence-corrected chi connectivity index (χ1v) is 8.80. The van der Waals surface area contributed by atoms with Gasteiger partial charge in [-0.05, 0) is 25.2 Å². The molecule has 1 unspecified atom stereocenters. The van der Waals surface area contributed by atoms with Crippen LogP contribution >= 0.6 is 0 Å². The second-order valence-corrected chi connectivity index (χ2v) is 7.80. The first-order valence-electron chi connectivity index (χ1n) is 8.80. The smallest absolute Gasteiger partial charge is 0.254 e. The van der Waals surface area contributed by atoms with E-state index in [1.54, 1.807) is 6.20 Å². The maximum atomic E-state index is 12.6. The Morgan fingerprint density at radius 1 is 1.48 bits per heavy atom. The summed E-state index contributed by atoms with van der Waals surface area (Å²) in [5.41, 5.74) is 1.44. The van der Waals surface area contributed by atoms with Crippen LogP contribution in [0.4, 0.5) is 0 Å². The third kappa shape index (κ3) is 4.14. The Balaban J connectivity index is 2.07. The van der Waals surface area contributed by atoms with Gasteiger partial charge in [0.1, 0.15) is 0 Å². The monoisotopic (exact) mass is 321 g/mol. The van der Waals surface area contributed by atoms with Crippen molar-refractivity contribution in [2.45, 2.75) is 72.4 Å². The molecule has 1 aromatic heterocycles. The summed E-state index contributed by atoms with van der Waals surface area (Å²) in [6.07, 6.45) is 4.55. The minimum atomic E-state index is -0.450. The van der Waals surface area contributed by atoms with E-state index in [-0.39, 0.29) is 17.2 Å². The average Bonchev–Trinajstić information content (AvgIpc) is 3.25. The second kappa shape index (κ2) is 7.04. The van der Waals surface area contributed by atoms with E-state index in [1.165, 1.54) is 0 Å². The van der Waals surface area contributed by atoms with Gasteiger partial charge in [0.2, 0.25) is 0 Å². The number of nitrogens with one attached hydrogen (secondary N) is 1. The van der Waals surface area contributed by atoms with Crippen LogP contribution < -0.4 is 5.32 Å². The fourth-order valence-electron chi connectivity index (χ4n) is 3.16. The van der Waals surface area contributed by atoms with Gasteiger partial charge in [0.15, 0.2) is 0 Å². The molecule has 2 rings (SSSR count). The van der Waals surface area contributed by atoms with Crippen LogP contribution in [0, 0.1) is 11.3 Å². The van der Waals surface area contributed by atoms with Crippen LogP contribution in [-0.2, 0) is 6.54 Å². The van der Waals surface area contributed by atoms with Crippen LogP contribution in [0.5, 0.6) is 0 Å². The number of carbonyl (C=O) groups excluding carboxylic acids is 1. The molecule has 5 heteroatoms. The maximum Gasteiger partial charge on any atom is 0.254 e. The van der Waals surface area contributed by atoms with Crippen LogP contribution in [-0.4, -0.2) is 33.4 Å². The normalized spacial score (nSPS) is 16.7. The molecule has 0 spiro atoms. The molecule has 1 fully saturated rings. The van der Waals surface area contributed by atoms with Gasteiger partial charge in [0, 0.05) is 24.4 Å². The number of aromatic nitrogens is 2. The van der Waals surface area contributed by atoms with Crippen molar-refractivity contribution in [3.8, 4) is 0 Å². The Labute approximate surface area is 139 Å². The Hall–Kier alpha value is -1.36. The van der Waals surface area contributed by atoms with Crippen LogP contribution in [0.25, 0.3) is 0 Å². The summed E-state index contributed by atoms with van der Waals surface area (Å²) in [5, 5.41) is 17.7. The lowest BCUT2D eigenvalue weighted by molar-refractivity contribution is 0.0138. The van der Waals surface area contributed by atoms with Crippen LogP contribution in [0.1, 0.15) is 75.9 Å². The molecule has 0 saturated heterocycles. The predicted molar refractivity (Wildman–Crippen MR) is 91.5 cm³/mol. The van der Waals surface area contributed by atoms with Gasteiger partial charge >= 0.3 is 0 Å². The van der Waals surface area contributed by atoms with Crippen molar-refractivity contribution in [2.24, 2.45) is 11.3 Å². The Morgan fingerprint density at radius 2 is 2.13 bits per heavy atom. The van der Waals surface area contributed by atoms with E-state index in [0.717, 1.165) is 31.5 Å². The molecule has 0 aromatic carbocycles. The molecule has 0 radical (unpaired) electrons. The number of rotatable bonds is 8. The first kappa shape index (κ1) is 18.0. The number of nitrogens with zero attached hydrogens (tertiary/aromatic N) is 2. The molecule has 1 aliphatic carbocycles. The molecular weight excluding hydrogens is 290 g/mol. The number of aliphatic hydroxyl groups excluding tert-OH is 1. The van der Waals surface area contributed by atoms with Crippen molar-refractivity contribution >= 4 is 5.91 Å². The van der Waals surface area contributed by atoms with Gasteiger partial charge in [0.05, 0.1) is 23.6 Å². The summed E-state index contributed by atoms with van der Waals surface area (Å²) >= 11 is 0. The van der Waals surface area contributed by atoms with Crippen molar-refractivity contribution in [3.05, 3.63) is 17.5 Å². The zero-order valence-corrected chi connectivity index (χ0v) is 15.1. The summed E-state index contributed by atoms with van der Waals surface area (Å²) in [6, 6.07) is 0. The SMILES string of the molecule is CCCn1ncc(C(=O)NCC(C)(C)C(O)C(C)C)c1C1CC1. The highest BCUT2D eigenvalue weighted by Gasteiger charge is 2.34. The van der Waals surface area contributed by atoms with Gasteiger partial charge in [-0.2, -0.15) is 5.10 Å². The number of aryl methyl sites for hydroxylation is 1. The molecule has 1 amide bonds. The summed E-state index contributed by atoms with van der Waals surface area (Å²) in [7, 11) is 0. The molecule has 2 N–H and O–H groups in total. The molecule has 130 valence electrons. The number of amides is 1. The van der Waals surface area contributed by atoms with Gasteiger partial charge in [-0.25, -0.2) is 0 Å². The average molecular weight is 321 g/mol. The van der Waals surface area contributed by atoms with E-state index in [9.17, 15) is 9.90 Å². The van der Waals surface area contributed by atoms with E-state index in [1.807, 2.05) is 32.4 Å². The van der Waals surface area contributed by atoms with Crippen LogP contribution in [0.15, 0.2) is 6.20 Å². The molecule has 1 saturated carbocycles. The fourth-order valence-corrected chi connectivity index (χ4v) is 3.16. The Kier molecular flexibility index (Phi) is 5.50. The van der Waals surface area contributed by atoms with Crippen LogP contribution in [0.3, 0.4) is 0 Å². The lowest BCUT2D eigenvalue weighted by Crippen LogP contribution is -2.43. The summed E-state index contributed by atoms with van der Waals surface area (Å²) < 4.78 is 1.99. The molecule has 23 heavy (non-hydrogen) atoms. The molecule has 0 aliphatic heterocycles. The zero-order valence-electron chi connectivity index (χ0n) is 15.1. The van der Waals surface area contributed by atoms with Crippen molar-refractivity contribution in [2.75, 3.05) is 6.54 Å². The van der Waals surface area contributed by atoms with Crippen LogP contribution in [0.2, 0.25) is 0 Å². The van der Waals surface area contributed by atoms with Gasteiger partial charge < -0.3 is 10.4 Å². The van der Waals surface area contributed by atoms with Gasteiger partial charge in [0.25, 0.3) is 5.91 Å². The predicted octanol–water partition coefficient (Wildman–Crippen LogP) is 2.94. The van der Waals surface area contributed by atoms with E-state index in [2.05, 4.69) is 17.3 Å². The zero-order chi connectivity index (χ0) is 17.2. The number of aliphatic hydroxyl groups is 1. The maximum absolute atomic E-state index is 12.6. The van der Waals surface area contributed by atoms with E-state index in [0.29, 0.717) is 18.0 Å². The van der Waals surface area contributed by atoms with Crippen molar-refractivity contribution < 1.29 is 9.90 Å². The molecule has 0 bridgehead atoms. The fraction of sp³-hybridized carbons (Fsp3) is 0.778. The molecule has 1 atom stereocenters. The van der Waals surface area contributed by atoms with Gasteiger partial charge in [-0.3, -0.25) is 9.48 Å². The standard InChI is InChI=1S/C18H31N3O2/c1-6-9-21-15(13-7-8-13)14(10-20-21)17(23)19-11-18(4,5)16(22)12(2)3/h10,12-13,16,22H,6-9,11H2,1-5H3,(H,19,23). The first-order chi connectivity index (χ1) is 10.8. The Bertz CT molecular complexity index is 544. The van der Waals surface area contributed by atoms with Crippen molar-refractivity contribution in [3.63, 3.8) is 0 Å². The number of carbonyl (C=O) groups is 1. The molecule has 1 heterocycles. The minimum absolute atomic E-state index is 0.0710. The third-order valence-corrected chi connectivity index (χ3v) is 4.66. The van der Waals surface area contributed by atoms with E-state index < -0.39 is 6.10 Å². The van der Waals surface area contributed by atoms with E-state index >= 15 is 0 Å². The highest BCUT2D eigenvalue weighted by atomic mass is 16.3. The summed E-state index contributed by atoms with van der Waals surface area (Å²) in [6.45, 7) is 11.4. The highest BCUT2D eigenvalue weighted by molar-refractivity contribution is 5.95. The second-order valence-electron chi connectivity index (χ2n) is 7.80. The highest BCUT2D eigenvalue weighted by Crippen LogP contribution is 2.41. The third-order valence-electron chi connectivity index (χ3n) is 4.66. The molecule has 1 aliphatic rings. The lowest BCUT2D eigenvalue weighted by Gasteiger charge is -2.33. The molecule has 5 nitrogen and oxygen atoms in total. The quantitative estimate of drug-likeness (QED) is 0.773. The largest absolute Gasteiger partial charge is 0.392 e. The number of hydrogen-bond acceptors (Lipinski definition) is 3. The Morgan fingerprint density at radius 3 is 2.65 bits per heavy atom. The van der Waals surface area contributed by atoms with Crippen molar-refractivity contribution in [1.82, 2.24) is 15.1 Å². The van der Waals surface area contributed by atoms with Gasteiger partial charge in [-0.15, -0.1) is 0 Å². The summed E-state index contributed by atoms with van der Waals surface area (Å²) in [5.74, 6) is 0.577. The summed E-state index contributed by atoms with van der Waals surface area (Å²) in [4.78, 5) is 12.6.